The summed E-state index contributed by atoms with van der Waals surface area (Å²) >= 11 is 0. The molecule has 0 aliphatic carbocycles. The van der Waals surface area contributed by atoms with Gasteiger partial charge in [-0.25, -0.2) is 4.39 Å². The number of nitrogens with one attached hydrogen (secondary N) is 1. The zero-order valence-electron chi connectivity index (χ0n) is 10.4. The van der Waals surface area contributed by atoms with Gasteiger partial charge in [-0.05, 0) is 36.4 Å². The van der Waals surface area contributed by atoms with E-state index in [9.17, 15) is 9.18 Å². The van der Waals surface area contributed by atoms with E-state index in [1.54, 1.807) is 6.07 Å². The highest BCUT2D eigenvalue weighted by Crippen LogP contribution is 2.24. The summed E-state index contributed by atoms with van der Waals surface area (Å²) in [4.78, 5) is 11.2. The lowest BCUT2D eigenvalue weighted by Gasteiger charge is -2.10. The minimum Gasteiger partial charge on any atom is -0.398 e. The molecule has 0 aliphatic heterocycles. The smallest absolute Gasteiger partial charge is 0.250 e. The quantitative estimate of drug-likeness (QED) is 0.743. The third-order valence-corrected chi connectivity index (χ3v) is 2.70. The van der Waals surface area contributed by atoms with Crippen molar-refractivity contribution in [2.75, 3.05) is 11.1 Å². The van der Waals surface area contributed by atoms with Gasteiger partial charge in [0.25, 0.3) is 5.91 Å². The molecule has 0 spiro atoms. The van der Waals surface area contributed by atoms with Crippen LogP contribution in [-0.2, 0) is 0 Å². The lowest BCUT2D eigenvalue weighted by atomic mass is 10.1. The molecule has 0 bridgehead atoms. The largest absolute Gasteiger partial charge is 0.398 e. The Morgan fingerprint density at radius 1 is 1.25 bits per heavy atom. The second-order valence-corrected chi connectivity index (χ2v) is 4.09. The van der Waals surface area contributed by atoms with Gasteiger partial charge in [0.15, 0.2) is 0 Å². The van der Waals surface area contributed by atoms with E-state index in [1.807, 2.05) is 6.07 Å². The van der Waals surface area contributed by atoms with E-state index in [0.717, 1.165) is 6.07 Å². The Kier molecular flexibility index (Phi) is 3.53. The molecule has 2 aromatic rings. The van der Waals surface area contributed by atoms with Crippen LogP contribution in [0.5, 0.6) is 0 Å². The van der Waals surface area contributed by atoms with Gasteiger partial charge >= 0.3 is 0 Å². The van der Waals surface area contributed by atoms with E-state index >= 15 is 0 Å². The SMILES string of the molecule is N#Cc1cc(F)ccc1Nc1ccc(N)c(C(N)=O)c1. The highest BCUT2D eigenvalue weighted by molar-refractivity contribution is 5.99. The second kappa shape index (κ2) is 5.28. The van der Waals surface area contributed by atoms with Crippen LogP contribution < -0.4 is 16.8 Å². The first-order valence-electron chi connectivity index (χ1n) is 5.67. The number of hydrogen-bond acceptors (Lipinski definition) is 4. The third kappa shape index (κ3) is 2.67. The second-order valence-electron chi connectivity index (χ2n) is 4.09. The van der Waals surface area contributed by atoms with Crippen molar-refractivity contribution in [3.05, 3.63) is 53.3 Å². The first kappa shape index (κ1) is 13.4. The number of anilines is 3. The first-order valence-corrected chi connectivity index (χ1v) is 5.67. The summed E-state index contributed by atoms with van der Waals surface area (Å²) < 4.78 is 13.0. The van der Waals surface area contributed by atoms with Gasteiger partial charge in [-0.1, -0.05) is 0 Å². The number of carbonyl (C=O) groups excluding carboxylic acids is 1. The van der Waals surface area contributed by atoms with Crippen molar-refractivity contribution < 1.29 is 9.18 Å². The van der Waals surface area contributed by atoms with Crippen molar-refractivity contribution in [2.45, 2.75) is 0 Å². The molecular weight excluding hydrogens is 259 g/mol. The maximum Gasteiger partial charge on any atom is 0.250 e. The fourth-order valence-corrected chi connectivity index (χ4v) is 1.72. The molecule has 0 fully saturated rings. The molecule has 6 heteroatoms. The van der Waals surface area contributed by atoms with Crippen LogP contribution in [0, 0.1) is 17.1 Å². The number of nitrogens with zero attached hydrogens (tertiary/aromatic N) is 1. The predicted molar refractivity (Wildman–Crippen MR) is 73.8 cm³/mol. The molecule has 2 rings (SSSR count). The van der Waals surface area contributed by atoms with Gasteiger partial charge in [0.1, 0.15) is 11.9 Å². The first-order chi connectivity index (χ1) is 9.51. The molecule has 0 saturated heterocycles. The van der Waals surface area contributed by atoms with Crippen molar-refractivity contribution in [3.8, 4) is 6.07 Å². The van der Waals surface area contributed by atoms with E-state index in [-0.39, 0.29) is 16.8 Å². The number of halogens is 1. The van der Waals surface area contributed by atoms with Gasteiger partial charge in [0.05, 0.1) is 16.8 Å². The fourth-order valence-electron chi connectivity index (χ4n) is 1.72. The normalized spacial score (nSPS) is 9.80. The van der Waals surface area contributed by atoms with Gasteiger partial charge in [0, 0.05) is 11.4 Å². The van der Waals surface area contributed by atoms with Gasteiger partial charge in [-0.2, -0.15) is 5.26 Å². The highest BCUT2D eigenvalue weighted by Gasteiger charge is 2.09. The topological polar surface area (TPSA) is 105 Å². The Balaban J connectivity index is 2.38. The van der Waals surface area contributed by atoms with Gasteiger partial charge in [-0.15, -0.1) is 0 Å². The van der Waals surface area contributed by atoms with Gasteiger partial charge in [-0.3, -0.25) is 4.79 Å². The maximum atomic E-state index is 13.0. The zero-order chi connectivity index (χ0) is 14.7. The van der Waals surface area contributed by atoms with Crippen LogP contribution in [-0.4, -0.2) is 5.91 Å². The van der Waals surface area contributed by atoms with Crippen molar-refractivity contribution in [1.29, 1.82) is 5.26 Å². The van der Waals surface area contributed by atoms with Crippen LogP contribution in [0.25, 0.3) is 0 Å². The molecule has 0 unspecified atom stereocenters. The number of benzene rings is 2. The standard InChI is InChI=1S/C14H11FN4O/c15-9-1-4-13(8(5-9)7-16)19-10-2-3-12(17)11(6-10)14(18)20/h1-6,19H,17H2,(H2,18,20). The highest BCUT2D eigenvalue weighted by atomic mass is 19.1. The zero-order valence-corrected chi connectivity index (χ0v) is 10.4. The lowest BCUT2D eigenvalue weighted by Crippen LogP contribution is -2.13. The van der Waals surface area contributed by atoms with E-state index < -0.39 is 11.7 Å². The third-order valence-electron chi connectivity index (χ3n) is 2.70. The number of primary amides is 1. The average molecular weight is 270 g/mol. The molecule has 5 N–H and O–H groups in total. The minimum absolute atomic E-state index is 0.155. The van der Waals surface area contributed by atoms with Crippen LogP contribution >= 0.6 is 0 Å². The molecule has 0 saturated carbocycles. The molecule has 0 heterocycles. The molecule has 1 amide bonds. The molecule has 0 radical (unpaired) electrons. The molecule has 0 aliphatic rings. The van der Waals surface area contributed by atoms with Crippen molar-refractivity contribution in [3.63, 3.8) is 0 Å². The van der Waals surface area contributed by atoms with Crippen LogP contribution in [0.15, 0.2) is 36.4 Å². The van der Waals surface area contributed by atoms with Crippen LogP contribution in [0.4, 0.5) is 21.5 Å². The maximum absolute atomic E-state index is 13.0. The Labute approximate surface area is 114 Å². The monoisotopic (exact) mass is 270 g/mol. The Hall–Kier alpha value is -3.07. The summed E-state index contributed by atoms with van der Waals surface area (Å²) in [7, 11) is 0. The van der Waals surface area contributed by atoms with Gasteiger partial charge < -0.3 is 16.8 Å². The molecule has 20 heavy (non-hydrogen) atoms. The minimum atomic E-state index is -0.647. The number of rotatable bonds is 3. The number of nitrogens with two attached hydrogens (primary N) is 2. The fraction of sp³-hybridized carbons (Fsp3) is 0. The molecule has 5 nitrogen and oxygen atoms in total. The van der Waals surface area contributed by atoms with E-state index in [4.69, 9.17) is 16.7 Å². The summed E-state index contributed by atoms with van der Waals surface area (Å²) in [6.45, 7) is 0. The van der Waals surface area contributed by atoms with Crippen LogP contribution in [0.3, 0.4) is 0 Å². The van der Waals surface area contributed by atoms with E-state index in [0.29, 0.717) is 11.4 Å². The van der Waals surface area contributed by atoms with Crippen LogP contribution in [0.2, 0.25) is 0 Å². The molecule has 100 valence electrons. The number of hydrogen-bond donors (Lipinski definition) is 3. The summed E-state index contributed by atoms with van der Waals surface area (Å²) in [5.41, 5.74) is 12.4. The number of nitriles is 1. The van der Waals surface area contributed by atoms with Gasteiger partial charge in [0.2, 0.25) is 0 Å². The molecular formula is C14H11FN4O. The molecule has 2 aromatic carbocycles. The van der Waals surface area contributed by atoms with E-state index in [2.05, 4.69) is 5.32 Å². The number of amides is 1. The molecule has 0 aromatic heterocycles. The Bertz CT molecular complexity index is 722. The number of nitrogen functional groups attached to an aromatic ring is 1. The predicted octanol–water partition coefficient (Wildman–Crippen LogP) is 2.12. The summed E-state index contributed by atoms with van der Waals surface area (Å²) in [6, 6.07) is 10.3. The van der Waals surface area contributed by atoms with Crippen LogP contribution in [0.1, 0.15) is 15.9 Å². The Morgan fingerprint density at radius 2 is 2.00 bits per heavy atom. The Morgan fingerprint density at radius 3 is 2.65 bits per heavy atom. The van der Waals surface area contributed by atoms with Crippen molar-refractivity contribution in [1.82, 2.24) is 0 Å². The van der Waals surface area contributed by atoms with Crippen molar-refractivity contribution in [2.24, 2.45) is 5.73 Å². The summed E-state index contributed by atoms with van der Waals surface area (Å²) in [6.07, 6.45) is 0. The number of carbonyl (C=O) groups is 1. The van der Waals surface area contributed by atoms with Crippen molar-refractivity contribution >= 4 is 23.0 Å². The average Bonchev–Trinajstić information content (AvgIpc) is 2.42. The summed E-state index contributed by atoms with van der Waals surface area (Å²) in [5.74, 6) is -1.15. The summed E-state index contributed by atoms with van der Waals surface area (Å²) in [5, 5.41) is 11.9. The molecule has 0 atom stereocenters. The van der Waals surface area contributed by atoms with E-state index in [1.165, 1.54) is 24.3 Å². The lowest BCUT2D eigenvalue weighted by molar-refractivity contribution is 0.100.